The Morgan fingerprint density at radius 1 is 1.09 bits per heavy atom. The zero-order valence-corrected chi connectivity index (χ0v) is 12.8. The summed E-state index contributed by atoms with van der Waals surface area (Å²) in [7, 11) is 0. The average Bonchev–Trinajstić information content (AvgIpc) is 3.13. The third-order valence-electron chi connectivity index (χ3n) is 4.29. The Kier molecular flexibility index (Phi) is 2.96. The number of aryl methyl sites for hydroxylation is 2. The van der Waals surface area contributed by atoms with Gasteiger partial charge in [-0.15, -0.1) is 0 Å². The molecule has 0 spiro atoms. The molecule has 4 nitrogen and oxygen atoms in total. The number of anilines is 1. The third-order valence-corrected chi connectivity index (χ3v) is 4.29. The van der Waals surface area contributed by atoms with E-state index in [2.05, 4.69) is 42.3 Å². The van der Waals surface area contributed by atoms with Gasteiger partial charge in [-0.05, 0) is 55.7 Å². The highest BCUT2D eigenvalue weighted by Crippen LogP contribution is 2.33. The Bertz CT molecular complexity index is 834. The summed E-state index contributed by atoms with van der Waals surface area (Å²) in [6, 6.07) is 12.4. The van der Waals surface area contributed by atoms with Crippen molar-refractivity contribution in [1.82, 2.24) is 14.8 Å². The molecule has 1 aliphatic heterocycles. The van der Waals surface area contributed by atoms with E-state index < -0.39 is 0 Å². The fourth-order valence-corrected chi connectivity index (χ4v) is 2.93. The first-order chi connectivity index (χ1) is 10.7. The second kappa shape index (κ2) is 4.98. The van der Waals surface area contributed by atoms with Gasteiger partial charge in [0.2, 0.25) is 0 Å². The average molecular weight is 290 g/mol. The van der Waals surface area contributed by atoms with Crippen LogP contribution in [0.3, 0.4) is 0 Å². The Hall–Kier alpha value is -2.62. The minimum atomic E-state index is 0.935. The molecule has 4 rings (SSSR count). The second-order valence-corrected chi connectivity index (χ2v) is 5.75. The van der Waals surface area contributed by atoms with Crippen LogP contribution in [-0.2, 0) is 6.42 Å². The van der Waals surface area contributed by atoms with Gasteiger partial charge in [0.25, 0.3) is 0 Å². The van der Waals surface area contributed by atoms with Crippen LogP contribution in [0.25, 0.3) is 17.1 Å². The second-order valence-electron chi connectivity index (χ2n) is 5.75. The van der Waals surface area contributed by atoms with E-state index in [0.717, 1.165) is 35.9 Å². The van der Waals surface area contributed by atoms with E-state index in [1.807, 2.05) is 29.1 Å². The smallest absolute Gasteiger partial charge is 0.133 e. The predicted octanol–water partition coefficient (Wildman–Crippen LogP) is 3.52. The topological polar surface area (TPSA) is 42.7 Å². The molecular formula is C18H18N4. The molecule has 110 valence electrons. The van der Waals surface area contributed by atoms with Gasteiger partial charge in [-0.3, -0.25) is 4.98 Å². The molecule has 1 N–H and O–H groups in total. The minimum Gasteiger partial charge on any atom is -0.369 e. The quantitative estimate of drug-likeness (QED) is 0.785. The van der Waals surface area contributed by atoms with Gasteiger partial charge in [0.15, 0.2) is 0 Å². The van der Waals surface area contributed by atoms with E-state index in [0.29, 0.717) is 0 Å². The van der Waals surface area contributed by atoms with Gasteiger partial charge in [0.05, 0.1) is 11.4 Å². The summed E-state index contributed by atoms with van der Waals surface area (Å²) in [5.41, 5.74) is 6.85. The van der Waals surface area contributed by atoms with Crippen molar-refractivity contribution in [3.63, 3.8) is 0 Å². The van der Waals surface area contributed by atoms with E-state index >= 15 is 0 Å². The summed E-state index contributed by atoms with van der Waals surface area (Å²) in [4.78, 5) is 4.46. The molecule has 0 atom stereocenters. The number of nitrogens with one attached hydrogen (secondary N) is 1. The maximum Gasteiger partial charge on any atom is 0.133 e. The van der Waals surface area contributed by atoms with Crippen molar-refractivity contribution >= 4 is 5.82 Å². The first-order valence-corrected chi connectivity index (χ1v) is 7.59. The number of nitrogens with zero attached hydrogens (tertiary/aromatic N) is 3. The van der Waals surface area contributed by atoms with E-state index in [9.17, 15) is 0 Å². The van der Waals surface area contributed by atoms with Crippen molar-refractivity contribution in [3.05, 3.63) is 59.3 Å². The van der Waals surface area contributed by atoms with Crippen molar-refractivity contribution in [2.75, 3.05) is 11.9 Å². The van der Waals surface area contributed by atoms with Gasteiger partial charge in [0.1, 0.15) is 11.5 Å². The minimum absolute atomic E-state index is 0.935. The largest absolute Gasteiger partial charge is 0.369 e. The first kappa shape index (κ1) is 13.1. The SMILES string of the molecule is Cc1ccc(-n2nc(-c3ccccn3)c3c2NCC3)cc1C. The molecule has 0 amide bonds. The van der Waals surface area contributed by atoms with Crippen LogP contribution < -0.4 is 5.32 Å². The lowest BCUT2D eigenvalue weighted by atomic mass is 10.1. The van der Waals surface area contributed by atoms with Crippen LogP contribution in [0.1, 0.15) is 16.7 Å². The molecule has 3 aromatic rings. The van der Waals surface area contributed by atoms with Crippen molar-refractivity contribution in [2.45, 2.75) is 20.3 Å². The molecule has 0 saturated carbocycles. The van der Waals surface area contributed by atoms with Crippen LogP contribution in [0.15, 0.2) is 42.6 Å². The van der Waals surface area contributed by atoms with Crippen LogP contribution in [0, 0.1) is 13.8 Å². The van der Waals surface area contributed by atoms with Crippen LogP contribution in [0.2, 0.25) is 0 Å². The summed E-state index contributed by atoms with van der Waals surface area (Å²) in [5.74, 6) is 1.10. The van der Waals surface area contributed by atoms with Crippen LogP contribution in [-0.4, -0.2) is 21.3 Å². The van der Waals surface area contributed by atoms with Crippen molar-refractivity contribution in [3.8, 4) is 17.1 Å². The summed E-state index contributed by atoms with van der Waals surface area (Å²) in [5, 5.41) is 8.30. The van der Waals surface area contributed by atoms with Crippen molar-refractivity contribution < 1.29 is 0 Å². The van der Waals surface area contributed by atoms with Gasteiger partial charge in [-0.25, -0.2) is 4.68 Å². The highest BCUT2D eigenvalue weighted by Gasteiger charge is 2.24. The number of rotatable bonds is 2. The molecule has 0 unspecified atom stereocenters. The van der Waals surface area contributed by atoms with E-state index in [4.69, 9.17) is 5.10 Å². The molecule has 2 aromatic heterocycles. The fourth-order valence-electron chi connectivity index (χ4n) is 2.93. The summed E-state index contributed by atoms with van der Waals surface area (Å²) in [6.45, 7) is 5.22. The number of fused-ring (bicyclic) bond motifs is 1. The summed E-state index contributed by atoms with van der Waals surface area (Å²) >= 11 is 0. The molecule has 0 fully saturated rings. The lowest BCUT2D eigenvalue weighted by Gasteiger charge is -2.08. The molecule has 0 saturated heterocycles. The molecule has 1 aromatic carbocycles. The fraction of sp³-hybridized carbons (Fsp3) is 0.222. The highest BCUT2D eigenvalue weighted by molar-refractivity contribution is 5.70. The molecule has 0 radical (unpaired) electrons. The standard InChI is InChI=1S/C18H18N4/c1-12-6-7-14(11-13(12)2)22-18-15(8-10-20-18)17(21-22)16-5-3-4-9-19-16/h3-7,9,11,20H,8,10H2,1-2H3. The molecule has 0 bridgehead atoms. The van der Waals surface area contributed by atoms with Crippen LogP contribution in [0.4, 0.5) is 5.82 Å². The van der Waals surface area contributed by atoms with Crippen LogP contribution in [0.5, 0.6) is 0 Å². The van der Waals surface area contributed by atoms with Gasteiger partial charge in [-0.2, -0.15) is 5.10 Å². The Labute approximate surface area is 129 Å². The van der Waals surface area contributed by atoms with Gasteiger partial charge in [0, 0.05) is 18.3 Å². The van der Waals surface area contributed by atoms with Crippen molar-refractivity contribution in [2.24, 2.45) is 0 Å². The number of pyridine rings is 1. The Morgan fingerprint density at radius 2 is 2.00 bits per heavy atom. The van der Waals surface area contributed by atoms with Crippen molar-refractivity contribution in [1.29, 1.82) is 0 Å². The first-order valence-electron chi connectivity index (χ1n) is 7.59. The molecule has 4 heteroatoms. The Balaban J connectivity index is 1.89. The van der Waals surface area contributed by atoms with Crippen LogP contribution >= 0.6 is 0 Å². The lowest BCUT2D eigenvalue weighted by molar-refractivity contribution is 0.878. The number of hydrogen-bond acceptors (Lipinski definition) is 3. The molecule has 22 heavy (non-hydrogen) atoms. The normalized spacial score (nSPS) is 13.0. The van der Waals surface area contributed by atoms with Gasteiger partial charge >= 0.3 is 0 Å². The summed E-state index contributed by atoms with van der Waals surface area (Å²) < 4.78 is 2.01. The summed E-state index contributed by atoms with van der Waals surface area (Å²) in [6.07, 6.45) is 2.81. The maximum absolute atomic E-state index is 4.83. The highest BCUT2D eigenvalue weighted by atomic mass is 15.3. The molecule has 3 heterocycles. The molecule has 1 aliphatic rings. The third kappa shape index (κ3) is 1.99. The van der Waals surface area contributed by atoms with Gasteiger partial charge < -0.3 is 5.32 Å². The number of benzene rings is 1. The van der Waals surface area contributed by atoms with E-state index in [1.54, 1.807) is 0 Å². The van der Waals surface area contributed by atoms with E-state index in [-0.39, 0.29) is 0 Å². The van der Waals surface area contributed by atoms with Gasteiger partial charge in [-0.1, -0.05) is 12.1 Å². The molecule has 0 aliphatic carbocycles. The zero-order valence-electron chi connectivity index (χ0n) is 12.8. The maximum atomic E-state index is 4.83. The Morgan fingerprint density at radius 3 is 2.77 bits per heavy atom. The predicted molar refractivity (Wildman–Crippen MR) is 88.5 cm³/mol. The van der Waals surface area contributed by atoms with E-state index in [1.165, 1.54) is 16.7 Å². The molecular weight excluding hydrogens is 272 g/mol. The number of aromatic nitrogens is 3. The lowest BCUT2D eigenvalue weighted by Crippen LogP contribution is -2.04. The zero-order chi connectivity index (χ0) is 15.1. The monoisotopic (exact) mass is 290 g/mol. The number of hydrogen-bond donors (Lipinski definition) is 1.